The molecule has 2 aliphatic heterocycles. The van der Waals surface area contributed by atoms with Crippen LogP contribution >= 0.6 is 0 Å². The minimum Gasteiger partial charge on any atom is -0.459 e. The third-order valence-corrected chi connectivity index (χ3v) is 5.65. The Morgan fingerprint density at radius 2 is 2.08 bits per heavy atom. The molecule has 2 fully saturated rings. The Balaban J connectivity index is 1.61. The molecule has 0 aromatic carbocycles. The zero-order valence-electron chi connectivity index (χ0n) is 14.1. The number of nitrogens with one attached hydrogen (secondary N) is 1. The number of ether oxygens (including phenoxy) is 1. The van der Waals surface area contributed by atoms with Gasteiger partial charge in [-0.25, -0.2) is 13.1 Å². The summed E-state index contributed by atoms with van der Waals surface area (Å²) in [6.45, 7) is 3.57. The summed E-state index contributed by atoms with van der Waals surface area (Å²) in [5, 5.41) is 0. The van der Waals surface area contributed by atoms with Crippen LogP contribution in [0.1, 0.15) is 41.8 Å². The topological polar surface area (TPSA) is 88.9 Å². The summed E-state index contributed by atoms with van der Waals surface area (Å²) >= 11 is 0. The van der Waals surface area contributed by atoms with Gasteiger partial charge >= 0.3 is 0 Å². The smallest absolute Gasteiger partial charge is 0.289 e. The van der Waals surface area contributed by atoms with Crippen LogP contribution in [-0.4, -0.2) is 56.8 Å². The van der Waals surface area contributed by atoms with Gasteiger partial charge in [0.05, 0.1) is 18.1 Å². The van der Waals surface area contributed by atoms with Gasteiger partial charge in [0, 0.05) is 31.3 Å². The van der Waals surface area contributed by atoms with Crippen molar-refractivity contribution in [1.82, 2.24) is 9.62 Å². The average molecular weight is 356 g/mol. The molecular weight excluding hydrogens is 332 g/mol. The largest absolute Gasteiger partial charge is 0.459 e. The summed E-state index contributed by atoms with van der Waals surface area (Å²) < 4.78 is 36.9. The normalized spacial score (nSPS) is 24.2. The monoisotopic (exact) mass is 356 g/mol. The van der Waals surface area contributed by atoms with E-state index in [0.717, 1.165) is 5.56 Å². The fraction of sp³-hybridized carbons (Fsp3) is 0.688. The first-order valence-electron chi connectivity index (χ1n) is 8.23. The van der Waals surface area contributed by atoms with Gasteiger partial charge in [0.15, 0.2) is 5.76 Å². The Kier molecular flexibility index (Phi) is 4.72. The molecule has 3 rings (SSSR count). The molecule has 1 spiro atoms. The van der Waals surface area contributed by atoms with Crippen LogP contribution < -0.4 is 4.72 Å². The SMILES string of the molecule is Cc1ccoc1C(=O)N1CCC2(CC1)CC(NS(C)(=O)=O)CCO2. The number of piperidine rings is 1. The number of carbonyl (C=O) groups is 1. The zero-order valence-corrected chi connectivity index (χ0v) is 14.9. The van der Waals surface area contributed by atoms with Gasteiger partial charge in [0.25, 0.3) is 5.91 Å². The van der Waals surface area contributed by atoms with E-state index in [1.807, 2.05) is 6.92 Å². The summed E-state index contributed by atoms with van der Waals surface area (Å²) in [5.41, 5.74) is 0.502. The summed E-state index contributed by atoms with van der Waals surface area (Å²) in [5.74, 6) is 0.307. The quantitative estimate of drug-likeness (QED) is 0.882. The average Bonchev–Trinajstić information content (AvgIpc) is 2.92. The van der Waals surface area contributed by atoms with Crippen LogP contribution in [0.5, 0.6) is 0 Å². The number of hydrogen-bond acceptors (Lipinski definition) is 5. The molecule has 2 saturated heterocycles. The summed E-state index contributed by atoms with van der Waals surface area (Å²) in [6.07, 6.45) is 5.47. The van der Waals surface area contributed by atoms with Crippen molar-refractivity contribution in [3.05, 3.63) is 23.7 Å². The summed E-state index contributed by atoms with van der Waals surface area (Å²) in [4.78, 5) is 14.3. The van der Waals surface area contributed by atoms with Crippen LogP contribution in [0.3, 0.4) is 0 Å². The molecular formula is C16H24N2O5S. The van der Waals surface area contributed by atoms with Gasteiger partial charge in [0.1, 0.15) is 0 Å². The highest BCUT2D eigenvalue weighted by molar-refractivity contribution is 7.88. The van der Waals surface area contributed by atoms with E-state index in [0.29, 0.717) is 51.1 Å². The molecule has 1 atom stereocenters. The van der Waals surface area contributed by atoms with Crippen molar-refractivity contribution >= 4 is 15.9 Å². The molecule has 1 aromatic heterocycles. The number of carbonyl (C=O) groups excluding carboxylic acids is 1. The fourth-order valence-corrected chi connectivity index (χ4v) is 4.44. The van der Waals surface area contributed by atoms with Crippen LogP contribution in [0.15, 0.2) is 16.7 Å². The third-order valence-electron chi connectivity index (χ3n) is 4.89. The van der Waals surface area contributed by atoms with E-state index in [1.54, 1.807) is 11.0 Å². The highest BCUT2D eigenvalue weighted by atomic mass is 32.2. The lowest BCUT2D eigenvalue weighted by Gasteiger charge is -2.46. The number of likely N-dealkylation sites (tertiary alicyclic amines) is 1. The molecule has 7 nitrogen and oxygen atoms in total. The van der Waals surface area contributed by atoms with E-state index in [9.17, 15) is 13.2 Å². The van der Waals surface area contributed by atoms with Crippen LogP contribution in [0.25, 0.3) is 0 Å². The van der Waals surface area contributed by atoms with E-state index >= 15 is 0 Å². The first kappa shape index (κ1) is 17.4. The van der Waals surface area contributed by atoms with E-state index in [2.05, 4.69) is 4.72 Å². The Labute approximate surface area is 142 Å². The Morgan fingerprint density at radius 1 is 1.38 bits per heavy atom. The highest BCUT2D eigenvalue weighted by Crippen LogP contribution is 2.35. The number of furan rings is 1. The van der Waals surface area contributed by atoms with Gasteiger partial charge in [0.2, 0.25) is 10.0 Å². The molecule has 0 aliphatic carbocycles. The number of sulfonamides is 1. The Morgan fingerprint density at radius 3 is 2.67 bits per heavy atom. The maximum Gasteiger partial charge on any atom is 0.289 e. The number of rotatable bonds is 3. The van der Waals surface area contributed by atoms with Crippen molar-refractivity contribution < 1.29 is 22.4 Å². The lowest BCUT2D eigenvalue weighted by atomic mass is 9.82. The maximum atomic E-state index is 12.5. The molecule has 3 heterocycles. The number of nitrogens with zero attached hydrogens (tertiary/aromatic N) is 1. The van der Waals surface area contributed by atoms with E-state index < -0.39 is 10.0 Å². The molecule has 0 saturated carbocycles. The fourth-order valence-electron chi connectivity index (χ4n) is 3.63. The van der Waals surface area contributed by atoms with Crippen LogP contribution in [-0.2, 0) is 14.8 Å². The molecule has 24 heavy (non-hydrogen) atoms. The number of aryl methyl sites for hydroxylation is 1. The van der Waals surface area contributed by atoms with Crippen molar-refractivity contribution in [1.29, 1.82) is 0 Å². The minimum absolute atomic E-state index is 0.0889. The molecule has 0 bridgehead atoms. The van der Waals surface area contributed by atoms with Gasteiger partial charge in [-0.1, -0.05) is 0 Å². The van der Waals surface area contributed by atoms with Gasteiger partial charge in [-0.2, -0.15) is 0 Å². The van der Waals surface area contributed by atoms with Crippen molar-refractivity contribution in [2.24, 2.45) is 0 Å². The van der Waals surface area contributed by atoms with Crippen LogP contribution in [0, 0.1) is 6.92 Å². The van der Waals surface area contributed by atoms with Gasteiger partial charge in [-0.05, 0) is 38.7 Å². The molecule has 1 aromatic rings. The van der Waals surface area contributed by atoms with E-state index in [-0.39, 0.29) is 17.6 Å². The van der Waals surface area contributed by atoms with Crippen molar-refractivity contribution in [3.8, 4) is 0 Å². The highest BCUT2D eigenvalue weighted by Gasteiger charge is 2.42. The molecule has 0 radical (unpaired) electrons. The van der Waals surface area contributed by atoms with Crippen LogP contribution in [0.4, 0.5) is 0 Å². The van der Waals surface area contributed by atoms with Crippen molar-refractivity contribution in [2.75, 3.05) is 26.0 Å². The molecule has 2 aliphatic rings. The number of hydrogen-bond donors (Lipinski definition) is 1. The van der Waals surface area contributed by atoms with E-state index in [4.69, 9.17) is 9.15 Å². The molecule has 1 unspecified atom stereocenters. The first-order valence-corrected chi connectivity index (χ1v) is 10.1. The summed E-state index contributed by atoms with van der Waals surface area (Å²) in [7, 11) is -3.22. The van der Waals surface area contributed by atoms with Gasteiger partial charge in [-0.3, -0.25) is 4.79 Å². The van der Waals surface area contributed by atoms with E-state index in [1.165, 1.54) is 12.5 Å². The standard InChI is InChI=1S/C16H24N2O5S/c1-12-3-9-22-14(12)15(19)18-7-5-16(6-8-18)11-13(4-10-23-16)17-24(2,20)21/h3,9,13,17H,4-8,10-11H2,1-2H3. The Hall–Kier alpha value is -1.38. The second-order valence-electron chi connectivity index (χ2n) is 6.84. The predicted molar refractivity (Wildman–Crippen MR) is 88.3 cm³/mol. The minimum atomic E-state index is -3.22. The second-order valence-corrected chi connectivity index (χ2v) is 8.62. The molecule has 134 valence electrons. The Bertz CT molecular complexity index is 704. The predicted octanol–water partition coefficient (Wildman–Crippen LogP) is 1.29. The van der Waals surface area contributed by atoms with Gasteiger partial charge in [-0.15, -0.1) is 0 Å². The zero-order chi connectivity index (χ0) is 17.4. The first-order chi connectivity index (χ1) is 11.3. The lowest BCUT2D eigenvalue weighted by molar-refractivity contribution is -0.113. The lowest BCUT2D eigenvalue weighted by Crippen LogP contribution is -2.54. The van der Waals surface area contributed by atoms with Crippen molar-refractivity contribution in [3.63, 3.8) is 0 Å². The molecule has 1 N–H and O–H groups in total. The van der Waals surface area contributed by atoms with Crippen molar-refractivity contribution in [2.45, 2.75) is 44.2 Å². The summed E-state index contributed by atoms with van der Waals surface area (Å²) in [6, 6.07) is 1.69. The maximum absolute atomic E-state index is 12.5. The van der Waals surface area contributed by atoms with Crippen LogP contribution in [0.2, 0.25) is 0 Å². The molecule has 8 heteroatoms. The number of amides is 1. The third kappa shape index (κ3) is 3.81. The van der Waals surface area contributed by atoms with Gasteiger partial charge < -0.3 is 14.1 Å². The second kappa shape index (κ2) is 6.50. The molecule has 1 amide bonds.